The van der Waals surface area contributed by atoms with E-state index in [0.29, 0.717) is 42.9 Å². The highest BCUT2D eigenvalue weighted by Gasteiger charge is 2.31. The number of hydrogen-bond donors (Lipinski definition) is 3. The number of rotatable bonds is 12. The highest BCUT2D eigenvalue weighted by atomic mass is 19.1. The zero-order chi connectivity index (χ0) is 30.9. The SMILES string of the molecule is COC[C@H]1CCCN1C(=O)c1cc(C(=O)N[C@@H](Cc2ccccc2)[C@@H](N)C[C@@H](C)C(=O)Nc2ccc(F)cc2)cc(C)n1. The molecule has 1 fully saturated rings. The summed E-state index contributed by atoms with van der Waals surface area (Å²) >= 11 is 0. The van der Waals surface area contributed by atoms with E-state index < -0.39 is 18.0 Å². The van der Waals surface area contributed by atoms with Crippen LogP contribution >= 0.6 is 0 Å². The van der Waals surface area contributed by atoms with Gasteiger partial charge < -0.3 is 26.0 Å². The van der Waals surface area contributed by atoms with Gasteiger partial charge in [0.2, 0.25) is 5.91 Å². The van der Waals surface area contributed by atoms with Gasteiger partial charge in [0.15, 0.2) is 0 Å². The quantitative estimate of drug-likeness (QED) is 0.292. The highest BCUT2D eigenvalue weighted by Crippen LogP contribution is 2.21. The molecule has 9 nitrogen and oxygen atoms in total. The van der Waals surface area contributed by atoms with Crippen molar-refractivity contribution < 1.29 is 23.5 Å². The summed E-state index contributed by atoms with van der Waals surface area (Å²) in [5, 5.41) is 5.85. The number of pyridine rings is 1. The summed E-state index contributed by atoms with van der Waals surface area (Å²) in [7, 11) is 1.61. The maximum Gasteiger partial charge on any atom is 0.272 e. The van der Waals surface area contributed by atoms with Crippen LogP contribution in [0.15, 0.2) is 66.7 Å². The van der Waals surface area contributed by atoms with Crippen molar-refractivity contribution in [1.29, 1.82) is 0 Å². The first-order valence-electron chi connectivity index (χ1n) is 14.6. The fourth-order valence-electron chi connectivity index (χ4n) is 5.43. The summed E-state index contributed by atoms with van der Waals surface area (Å²) in [5.41, 5.74) is 9.19. The van der Waals surface area contributed by atoms with Gasteiger partial charge in [-0.25, -0.2) is 9.37 Å². The molecule has 2 aromatic carbocycles. The maximum atomic E-state index is 13.6. The Morgan fingerprint density at radius 2 is 1.84 bits per heavy atom. The van der Waals surface area contributed by atoms with Crippen molar-refractivity contribution in [3.8, 4) is 0 Å². The number of aromatic nitrogens is 1. The Morgan fingerprint density at radius 1 is 1.12 bits per heavy atom. The number of hydrogen-bond acceptors (Lipinski definition) is 6. The molecule has 228 valence electrons. The van der Waals surface area contributed by atoms with Crippen LogP contribution in [0.5, 0.6) is 0 Å². The van der Waals surface area contributed by atoms with E-state index in [1.165, 1.54) is 30.3 Å². The topological polar surface area (TPSA) is 127 Å². The van der Waals surface area contributed by atoms with E-state index in [4.69, 9.17) is 10.5 Å². The van der Waals surface area contributed by atoms with Gasteiger partial charge in [0, 0.05) is 48.6 Å². The van der Waals surface area contributed by atoms with E-state index in [1.807, 2.05) is 30.3 Å². The van der Waals surface area contributed by atoms with Crippen LogP contribution in [0.2, 0.25) is 0 Å². The molecule has 2 heterocycles. The molecule has 1 saturated heterocycles. The normalized spacial score (nSPS) is 16.8. The van der Waals surface area contributed by atoms with Crippen molar-refractivity contribution in [2.24, 2.45) is 11.7 Å². The predicted octanol–water partition coefficient (Wildman–Crippen LogP) is 4.11. The molecule has 10 heteroatoms. The third kappa shape index (κ3) is 8.68. The fraction of sp³-hybridized carbons (Fsp3) is 0.394. The molecule has 0 bridgehead atoms. The number of carbonyl (C=O) groups is 3. The number of amides is 3. The first-order chi connectivity index (χ1) is 20.6. The Balaban J connectivity index is 1.49. The molecule has 0 unspecified atom stereocenters. The largest absolute Gasteiger partial charge is 0.383 e. The Morgan fingerprint density at radius 3 is 2.53 bits per heavy atom. The summed E-state index contributed by atoms with van der Waals surface area (Å²) < 4.78 is 18.5. The summed E-state index contributed by atoms with van der Waals surface area (Å²) in [6.45, 7) is 4.58. The minimum atomic E-state index is -0.568. The molecule has 3 amide bonds. The van der Waals surface area contributed by atoms with Crippen LogP contribution in [0.4, 0.5) is 10.1 Å². The van der Waals surface area contributed by atoms with E-state index >= 15 is 0 Å². The number of benzene rings is 2. The molecule has 0 radical (unpaired) electrons. The third-order valence-electron chi connectivity index (χ3n) is 7.75. The number of nitrogens with zero attached hydrogens (tertiary/aromatic N) is 2. The average molecular weight is 590 g/mol. The van der Waals surface area contributed by atoms with E-state index in [9.17, 15) is 18.8 Å². The molecular formula is C33H40FN5O4. The molecule has 43 heavy (non-hydrogen) atoms. The summed E-state index contributed by atoms with van der Waals surface area (Å²) in [4.78, 5) is 46.0. The Hall–Kier alpha value is -4.15. The molecule has 4 atom stereocenters. The van der Waals surface area contributed by atoms with E-state index in [1.54, 1.807) is 31.9 Å². The molecular weight excluding hydrogens is 549 g/mol. The number of nitrogens with one attached hydrogen (secondary N) is 2. The van der Waals surface area contributed by atoms with Crippen LogP contribution in [0, 0.1) is 18.7 Å². The van der Waals surface area contributed by atoms with E-state index in [-0.39, 0.29) is 35.3 Å². The lowest BCUT2D eigenvalue weighted by molar-refractivity contribution is -0.119. The van der Waals surface area contributed by atoms with Crippen molar-refractivity contribution >= 4 is 23.4 Å². The van der Waals surface area contributed by atoms with Crippen LogP contribution in [-0.4, -0.2) is 66.0 Å². The smallest absolute Gasteiger partial charge is 0.272 e. The fourth-order valence-corrected chi connectivity index (χ4v) is 5.43. The van der Waals surface area contributed by atoms with Crippen LogP contribution < -0.4 is 16.4 Å². The Labute approximate surface area is 252 Å². The second kappa shape index (κ2) is 14.8. The van der Waals surface area contributed by atoms with Crippen LogP contribution in [-0.2, 0) is 16.0 Å². The monoisotopic (exact) mass is 589 g/mol. The van der Waals surface area contributed by atoms with Crippen LogP contribution in [0.3, 0.4) is 0 Å². The molecule has 0 spiro atoms. The molecule has 1 aliphatic heterocycles. The van der Waals surface area contributed by atoms with Gasteiger partial charge in [-0.15, -0.1) is 0 Å². The Kier molecular flexibility index (Phi) is 11.0. The van der Waals surface area contributed by atoms with Gasteiger partial charge in [-0.1, -0.05) is 37.3 Å². The molecule has 0 aliphatic carbocycles. The van der Waals surface area contributed by atoms with Crippen molar-refractivity contribution in [1.82, 2.24) is 15.2 Å². The standard InChI is InChI=1S/C33H40FN5O4/c1-21(31(40)37-26-13-11-25(34)12-14-26)16-28(35)29(18-23-8-5-4-6-9-23)38-32(41)24-17-22(2)36-30(19-24)33(42)39-15-7-10-27(39)20-43-3/h4-6,8-9,11-14,17,19,21,27-29H,7,10,15-16,18,20,35H2,1-3H3,(H,37,40)(H,38,41)/t21-,27-,28+,29+/m1/s1. The summed E-state index contributed by atoms with van der Waals surface area (Å²) in [5.74, 6) is -1.73. The number of halogens is 1. The predicted molar refractivity (Wildman–Crippen MR) is 163 cm³/mol. The molecule has 4 rings (SSSR count). The van der Waals surface area contributed by atoms with Gasteiger partial charge >= 0.3 is 0 Å². The second-order valence-corrected chi connectivity index (χ2v) is 11.2. The number of nitrogens with two attached hydrogens (primary N) is 1. The van der Waals surface area contributed by atoms with Crippen molar-refractivity contribution in [3.63, 3.8) is 0 Å². The van der Waals surface area contributed by atoms with Gasteiger partial charge in [0.05, 0.1) is 12.6 Å². The molecule has 3 aromatic rings. The first kappa shape index (κ1) is 31.8. The van der Waals surface area contributed by atoms with Crippen molar-refractivity contribution in [2.45, 2.75) is 57.7 Å². The number of carbonyl (C=O) groups excluding carboxylic acids is 3. The van der Waals surface area contributed by atoms with Gasteiger partial charge in [-0.2, -0.15) is 0 Å². The van der Waals surface area contributed by atoms with Crippen molar-refractivity contribution in [3.05, 3.63) is 95.1 Å². The lowest BCUT2D eigenvalue weighted by Crippen LogP contribution is -2.50. The number of aryl methyl sites for hydroxylation is 1. The number of methoxy groups -OCH3 is 1. The molecule has 4 N–H and O–H groups in total. The van der Waals surface area contributed by atoms with E-state index in [0.717, 1.165) is 18.4 Å². The highest BCUT2D eigenvalue weighted by molar-refractivity contribution is 5.99. The minimum Gasteiger partial charge on any atom is -0.383 e. The summed E-state index contributed by atoms with van der Waals surface area (Å²) in [6, 6.07) is 17.3. The first-order valence-corrected chi connectivity index (χ1v) is 14.6. The lowest BCUT2D eigenvalue weighted by Gasteiger charge is -2.27. The lowest BCUT2D eigenvalue weighted by atomic mass is 9.92. The van der Waals surface area contributed by atoms with Gasteiger partial charge in [0.25, 0.3) is 11.8 Å². The average Bonchev–Trinajstić information content (AvgIpc) is 3.46. The number of ether oxygens (including phenoxy) is 1. The minimum absolute atomic E-state index is 0.0208. The molecule has 1 aromatic heterocycles. The Bertz CT molecular complexity index is 1400. The van der Waals surface area contributed by atoms with E-state index in [2.05, 4.69) is 15.6 Å². The second-order valence-electron chi connectivity index (χ2n) is 11.2. The number of anilines is 1. The molecule has 0 saturated carbocycles. The van der Waals surface area contributed by atoms with Gasteiger partial charge in [-0.3, -0.25) is 14.4 Å². The van der Waals surface area contributed by atoms with Gasteiger partial charge in [-0.05, 0) is 74.6 Å². The van der Waals surface area contributed by atoms with Crippen LogP contribution in [0.25, 0.3) is 0 Å². The molecule has 1 aliphatic rings. The number of likely N-dealkylation sites (tertiary alicyclic amines) is 1. The zero-order valence-electron chi connectivity index (χ0n) is 24.9. The maximum absolute atomic E-state index is 13.6. The third-order valence-corrected chi connectivity index (χ3v) is 7.75. The van der Waals surface area contributed by atoms with Gasteiger partial charge in [0.1, 0.15) is 11.5 Å². The van der Waals surface area contributed by atoms with Crippen LogP contribution in [0.1, 0.15) is 58.3 Å². The van der Waals surface area contributed by atoms with Crippen molar-refractivity contribution in [2.75, 3.05) is 25.6 Å². The summed E-state index contributed by atoms with van der Waals surface area (Å²) in [6.07, 6.45) is 2.48. The zero-order valence-corrected chi connectivity index (χ0v) is 24.9.